The molecule has 1 N–H and O–H groups in total. The van der Waals surface area contributed by atoms with E-state index in [2.05, 4.69) is 30.2 Å². The van der Waals surface area contributed by atoms with Gasteiger partial charge < -0.3 is 15.0 Å². The minimum absolute atomic E-state index is 0.461. The molecule has 0 atom stereocenters. The highest BCUT2D eigenvalue weighted by Gasteiger charge is 2.43. The van der Waals surface area contributed by atoms with Crippen LogP contribution in [-0.2, 0) is 9.53 Å². The zero-order chi connectivity index (χ0) is 13.2. The molecule has 0 aromatic rings. The molecule has 1 spiro atoms. The molecule has 1 saturated heterocycles. The third-order valence-electron chi connectivity index (χ3n) is 3.44. The summed E-state index contributed by atoms with van der Waals surface area (Å²) in [6.07, 6.45) is 4.01. The molecule has 1 fully saturated rings. The van der Waals surface area contributed by atoms with E-state index in [1.165, 1.54) is 0 Å². The minimum atomic E-state index is -0.486. The van der Waals surface area contributed by atoms with Gasteiger partial charge in [0.2, 0.25) is 6.41 Å². The molecular formula is C13H17N3O2. The second kappa shape index (κ2) is 4.68. The number of piperidine rings is 1. The van der Waals surface area contributed by atoms with E-state index in [-0.39, 0.29) is 0 Å². The smallest absolute Gasteiger partial charge is 0.209 e. The van der Waals surface area contributed by atoms with Gasteiger partial charge in [-0.15, -0.1) is 0 Å². The molecular weight excluding hydrogens is 230 g/mol. The molecule has 1 amide bonds. The first-order valence-electron chi connectivity index (χ1n) is 5.83. The Morgan fingerprint density at radius 2 is 2.11 bits per heavy atom. The Morgan fingerprint density at radius 1 is 1.44 bits per heavy atom. The number of amides is 1. The predicted molar refractivity (Wildman–Crippen MR) is 69.7 cm³/mol. The Hall–Kier alpha value is -2.04. The van der Waals surface area contributed by atoms with Crippen LogP contribution >= 0.6 is 0 Å². The molecule has 5 heteroatoms. The average molecular weight is 247 g/mol. The molecule has 0 radical (unpaired) electrons. The van der Waals surface area contributed by atoms with Gasteiger partial charge in [-0.1, -0.05) is 12.7 Å². The number of aliphatic imine (C=N–C) groups is 1. The Labute approximate surface area is 107 Å². The van der Waals surface area contributed by atoms with Crippen LogP contribution in [0.5, 0.6) is 0 Å². The van der Waals surface area contributed by atoms with Crippen molar-refractivity contribution in [3.63, 3.8) is 0 Å². The van der Waals surface area contributed by atoms with Gasteiger partial charge in [-0.25, -0.2) is 4.99 Å². The van der Waals surface area contributed by atoms with E-state index >= 15 is 0 Å². The van der Waals surface area contributed by atoms with Crippen LogP contribution in [0.4, 0.5) is 0 Å². The Kier molecular flexibility index (Phi) is 3.23. The van der Waals surface area contributed by atoms with E-state index in [9.17, 15) is 4.79 Å². The van der Waals surface area contributed by atoms with Crippen LogP contribution in [0.15, 0.2) is 41.5 Å². The first-order chi connectivity index (χ1) is 8.65. The molecule has 5 nitrogen and oxygen atoms in total. The van der Waals surface area contributed by atoms with Crippen molar-refractivity contribution in [3.05, 3.63) is 36.5 Å². The number of hydrogen-bond acceptors (Lipinski definition) is 4. The van der Waals surface area contributed by atoms with Crippen molar-refractivity contribution in [2.45, 2.75) is 18.4 Å². The standard InChI is InChI=1S/C13H17N3O2/c1-4-11-12(14-3)15-10(2)18-13(11)5-7-16(9-17)8-6-13/h4,9,15H,1-3,5-8H2. The van der Waals surface area contributed by atoms with Gasteiger partial charge in [0.05, 0.1) is 0 Å². The Morgan fingerprint density at radius 3 is 2.61 bits per heavy atom. The Bertz CT molecular complexity index is 432. The van der Waals surface area contributed by atoms with Crippen LogP contribution in [0.1, 0.15) is 12.8 Å². The molecule has 2 rings (SSSR count). The zero-order valence-corrected chi connectivity index (χ0v) is 10.3. The molecule has 18 heavy (non-hydrogen) atoms. The quantitative estimate of drug-likeness (QED) is 0.601. The van der Waals surface area contributed by atoms with Crippen molar-refractivity contribution in [1.82, 2.24) is 10.2 Å². The molecule has 2 heterocycles. The lowest BCUT2D eigenvalue weighted by molar-refractivity contribution is -0.122. The molecule has 0 aromatic heterocycles. The fraction of sp³-hybridized carbons (Fsp3) is 0.385. The summed E-state index contributed by atoms with van der Waals surface area (Å²) in [4.78, 5) is 16.5. The van der Waals surface area contributed by atoms with Gasteiger partial charge in [0.1, 0.15) is 11.4 Å². The zero-order valence-electron chi connectivity index (χ0n) is 10.3. The van der Waals surface area contributed by atoms with Gasteiger partial charge in [-0.3, -0.25) is 4.79 Å². The maximum absolute atomic E-state index is 10.8. The van der Waals surface area contributed by atoms with E-state index < -0.39 is 5.60 Å². The highest BCUT2D eigenvalue weighted by molar-refractivity contribution is 5.48. The van der Waals surface area contributed by atoms with Crippen molar-refractivity contribution in [2.75, 3.05) is 13.1 Å². The summed E-state index contributed by atoms with van der Waals surface area (Å²) in [5, 5.41) is 2.94. The van der Waals surface area contributed by atoms with Crippen LogP contribution < -0.4 is 5.32 Å². The third kappa shape index (κ3) is 1.92. The molecule has 2 aliphatic rings. The molecule has 2 aliphatic heterocycles. The maximum Gasteiger partial charge on any atom is 0.209 e. The van der Waals surface area contributed by atoms with E-state index in [0.717, 1.165) is 12.0 Å². The first kappa shape index (κ1) is 12.4. The van der Waals surface area contributed by atoms with Crippen LogP contribution in [-0.4, -0.2) is 36.7 Å². The molecule has 0 aromatic carbocycles. The summed E-state index contributed by atoms with van der Waals surface area (Å²) in [6, 6.07) is 0. The summed E-state index contributed by atoms with van der Waals surface area (Å²) in [5.41, 5.74) is 0.399. The Balaban J connectivity index is 2.35. The minimum Gasteiger partial charge on any atom is -0.468 e. The van der Waals surface area contributed by atoms with Gasteiger partial charge in [0.25, 0.3) is 0 Å². The van der Waals surface area contributed by atoms with Gasteiger partial charge in [0.15, 0.2) is 5.88 Å². The highest BCUT2D eigenvalue weighted by Crippen LogP contribution is 2.39. The van der Waals surface area contributed by atoms with Crippen molar-refractivity contribution in [3.8, 4) is 0 Å². The lowest BCUT2D eigenvalue weighted by Gasteiger charge is -2.44. The van der Waals surface area contributed by atoms with Crippen molar-refractivity contribution in [2.24, 2.45) is 4.99 Å². The molecule has 0 bridgehead atoms. The lowest BCUT2D eigenvalue weighted by atomic mass is 9.83. The number of nitrogens with zero attached hydrogens (tertiary/aromatic N) is 2. The third-order valence-corrected chi connectivity index (χ3v) is 3.44. The highest BCUT2D eigenvalue weighted by atomic mass is 16.5. The topological polar surface area (TPSA) is 53.9 Å². The number of likely N-dealkylation sites (tertiary alicyclic amines) is 1. The molecule has 96 valence electrons. The lowest BCUT2D eigenvalue weighted by Crippen LogP contribution is -2.50. The normalized spacial score (nSPS) is 22.2. The van der Waals surface area contributed by atoms with Gasteiger partial charge in [-0.05, 0) is 13.3 Å². The van der Waals surface area contributed by atoms with Crippen LogP contribution in [0.3, 0.4) is 0 Å². The van der Waals surface area contributed by atoms with Gasteiger partial charge >= 0.3 is 0 Å². The number of carbonyl (C=O) groups is 1. The predicted octanol–water partition coefficient (Wildman–Crippen LogP) is 1.17. The number of nitrogens with one attached hydrogen (secondary N) is 1. The first-order valence-corrected chi connectivity index (χ1v) is 5.83. The van der Waals surface area contributed by atoms with Gasteiger partial charge in [-0.2, -0.15) is 0 Å². The van der Waals surface area contributed by atoms with Crippen LogP contribution in [0.25, 0.3) is 0 Å². The molecule has 0 unspecified atom stereocenters. The van der Waals surface area contributed by atoms with E-state index in [4.69, 9.17) is 4.74 Å². The van der Waals surface area contributed by atoms with Crippen molar-refractivity contribution >= 4 is 13.1 Å². The summed E-state index contributed by atoms with van der Waals surface area (Å²) in [6.45, 7) is 12.5. The molecule has 0 aliphatic carbocycles. The fourth-order valence-corrected chi connectivity index (χ4v) is 2.50. The summed E-state index contributed by atoms with van der Waals surface area (Å²) >= 11 is 0. The maximum atomic E-state index is 10.8. The van der Waals surface area contributed by atoms with Gasteiger partial charge in [0, 0.05) is 31.5 Å². The summed E-state index contributed by atoms with van der Waals surface area (Å²) in [7, 11) is 0. The average Bonchev–Trinajstić information content (AvgIpc) is 2.39. The largest absolute Gasteiger partial charge is 0.468 e. The SMILES string of the molecule is C=CC1=C(N=C)NC(=C)OC12CCN(C=O)CC2. The van der Waals surface area contributed by atoms with Crippen molar-refractivity contribution < 1.29 is 9.53 Å². The second-order valence-corrected chi connectivity index (χ2v) is 4.41. The van der Waals surface area contributed by atoms with E-state index in [0.29, 0.717) is 37.6 Å². The second-order valence-electron chi connectivity index (χ2n) is 4.41. The number of hydrogen-bond donors (Lipinski definition) is 1. The fourth-order valence-electron chi connectivity index (χ4n) is 2.50. The summed E-state index contributed by atoms with van der Waals surface area (Å²) in [5.74, 6) is 1.10. The number of carbonyl (C=O) groups excluding carboxylic acids is 1. The summed E-state index contributed by atoms with van der Waals surface area (Å²) < 4.78 is 5.88. The van der Waals surface area contributed by atoms with E-state index in [1.54, 1.807) is 11.0 Å². The van der Waals surface area contributed by atoms with E-state index in [1.807, 2.05) is 0 Å². The number of rotatable bonds is 3. The van der Waals surface area contributed by atoms with Crippen molar-refractivity contribution in [1.29, 1.82) is 0 Å². The number of ether oxygens (including phenoxy) is 1. The monoisotopic (exact) mass is 247 g/mol. The molecule has 0 saturated carbocycles. The van der Waals surface area contributed by atoms with Crippen LogP contribution in [0, 0.1) is 0 Å². The van der Waals surface area contributed by atoms with Crippen LogP contribution in [0.2, 0.25) is 0 Å².